The van der Waals surface area contributed by atoms with Gasteiger partial charge in [-0.25, -0.2) is 0 Å². The lowest BCUT2D eigenvalue weighted by Gasteiger charge is -2.15. The summed E-state index contributed by atoms with van der Waals surface area (Å²) < 4.78 is 0. The van der Waals surface area contributed by atoms with E-state index in [1.807, 2.05) is 20.0 Å². The number of rotatable bonds is 4. The zero-order valence-corrected chi connectivity index (χ0v) is 6.87. The van der Waals surface area contributed by atoms with Gasteiger partial charge in [0.15, 0.2) is 6.19 Å². The van der Waals surface area contributed by atoms with Crippen LogP contribution < -0.4 is 5.73 Å². The third-order valence-corrected chi connectivity index (χ3v) is 1.07. The van der Waals surface area contributed by atoms with Crippen molar-refractivity contribution in [1.82, 2.24) is 4.90 Å². The summed E-state index contributed by atoms with van der Waals surface area (Å²) in [4.78, 5) is 11.7. The first-order valence-corrected chi connectivity index (χ1v) is 3.49. The predicted octanol–water partition coefficient (Wildman–Crippen LogP) is -0.0892. The molecule has 11 heavy (non-hydrogen) atoms. The van der Waals surface area contributed by atoms with Gasteiger partial charge in [0, 0.05) is 6.54 Å². The normalized spacial score (nSPS) is 9.27. The molecule has 1 amide bonds. The molecule has 4 nitrogen and oxygen atoms in total. The molecule has 0 aromatic heterocycles. The van der Waals surface area contributed by atoms with Gasteiger partial charge in [-0.3, -0.25) is 4.79 Å². The van der Waals surface area contributed by atoms with Crippen LogP contribution in [-0.2, 0) is 4.79 Å². The molecule has 0 aliphatic rings. The van der Waals surface area contributed by atoms with Crippen LogP contribution in [-0.4, -0.2) is 23.9 Å². The summed E-state index contributed by atoms with van der Waals surface area (Å²) in [5.41, 5.74) is 4.91. The molecule has 0 aliphatic heterocycles. The summed E-state index contributed by atoms with van der Waals surface area (Å²) >= 11 is 0. The molecule has 0 aliphatic carbocycles. The first-order valence-electron chi connectivity index (χ1n) is 3.49. The Bertz CT molecular complexity index is 171. The van der Waals surface area contributed by atoms with Gasteiger partial charge in [0.2, 0.25) is 5.91 Å². The van der Waals surface area contributed by atoms with E-state index in [0.29, 0.717) is 12.5 Å². The molecule has 62 valence electrons. The molecule has 0 heterocycles. The Morgan fingerprint density at radius 3 is 2.55 bits per heavy atom. The molecule has 0 unspecified atom stereocenters. The maximum absolute atomic E-state index is 10.4. The lowest BCUT2D eigenvalue weighted by molar-refractivity contribution is -0.118. The highest BCUT2D eigenvalue weighted by Crippen LogP contribution is 1.95. The van der Waals surface area contributed by atoms with Crippen LogP contribution in [0.1, 0.15) is 13.8 Å². The summed E-state index contributed by atoms with van der Waals surface area (Å²) in [5, 5.41) is 8.49. The van der Waals surface area contributed by atoms with Crippen LogP contribution in [0.15, 0.2) is 0 Å². The Kier molecular flexibility index (Phi) is 4.04. The molecule has 0 aromatic rings. The number of carbonyl (C=O) groups is 1. The number of amides is 1. The molecule has 0 spiro atoms. The van der Waals surface area contributed by atoms with Gasteiger partial charge in [0.25, 0.3) is 0 Å². The minimum Gasteiger partial charge on any atom is -0.368 e. The Hall–Kier alpha value is -1.24. The molecule has 0 atom stereocenters. The molecule has 0 bridgehead atoms. The highest BCUT2D eigenvalue weighted by Gasteiger charge is 2.06. The third kappa shape index (κ3) is 5.22. The minimum absolute atomic E-state index is 0.0225. The van der Waals surface area contributed by atoms with Crippen LogP contribution in [0.25, 0.3) is 0 Å². The highest BCUT2D eigenvalue weighted by atomic mass is 16.1. The molecule has 0 saturated carbocycles. The summed E-state index contributed by atoms with van der Waals surface area (Å²) in [5.74, 6) is -0.0961. The van der Waals surface area contributed by atoms with E-state index in [9.17, 15) is 4.79 Å². The van der Waals surface area contributed by atoms with Crippen LogP contribution in [0.2, 0.25) is 0 Å². The summed E-state index contributed by atoms with van der Waals surface area (Å²) in [7, 11) is 0. The largest absolute Gasteiger partial charge is 0.368 e. The van der Waals surface area contributed by atoms with Crippen molar-refractivity contribution in [3.05, 3.63) is 0 Å². The van der Waals surface area contributed by atoms with Gasteiger partial charge in [-0.15, -0.1) is 0 Å². The predicted molar refractivity (Wildman–Crippen MR) is 41.2 cm³/mol. The van der Waals surface area contributed by atoms with Crippen molar-refractivity contribution >= 4 is 5.91 Å². The van der Waals surface area contributed by atoms with Gasteiger partial charge >= 0.3 is 0 Å². The van der Waals surface area contributed by atoms with E-state index in [1.54, 1.807) is 0 Å². The van der Waals surface area contributed by atoms with Crippen LogP contribution in [0.3, 0.4) is 0 Å². The number of nitrogens with two attached hydrogens (primary N) is 1. The number of hydrogen-bond donors (Lipinski definition) is 1. The van der Waals surface area contributed by atoms with Gasteiger partial charge in [-0.1, -0.05) is 13.8 Å². The van der Waals surface area contributed by atoms with E-state index >= 15 is 0 Å². The molecule has 0 fully saturated rings. The molecule has 0 radical (unpaired) electrons. The van der Waals surface area contributed by atoms with E-state index in [1.165, 1.54) is 4.90 Å². The van der Waals surface area contributed by atoms with E-state index in [4.69, 9.17) is 11.0 Å². The minimum atomic E-state index is -0.466. The molecule has 2 N–H and O–H groups in total. The summed E-state index contributed by atoms with van der Waals surface area (Å²) in [6.45, 7) is 4.56. The Morgan fingerprint density at radius 1 is 1.73 bits per heavy atom. The number of carbonyl (C=O) groups excluding carboxylic acids is 1. The topological polar surface area (TPSA) is 70.1 Å². The van der Waals surface area contributed by atoms with Gasteiger partial charge < -0.3 is 10.6 Å². The lowest BCUT2D eigenvalue weighted by atomic mass is 10.2. The fourth-order valence-electron chi connectivity index (χ4n) is 0.770. The monoisotopic (exact) mass is 155 g/mol. The van der Waals surface area contributed by atoms with Gasteiger partial charge in [-0.05, 0) is 5.92 Å². The molecule has 0 aromatic carbocycles. The van der Waals surface area contributed by atoms with Gasteiger partial charge in [0.05, 0.1) is 0 Å². The van der Waals surface area contributed by atoms with Crippen LogP contribution >= 0.6 is 0 Å². The number of nitrogens with zero attached hydrogens (tertiary/aromatic N) is 2. The van der Waals surface area contributed by atoms with E-state index in [2.05, 4.69) is 0 Å². The molecule has 4 heteroatoms. The number of nitriles is 1. The number of primary amides is 1. The average Bonchev–Trinajstić information content (AvgIpc) is 1.84. The van der Waals surface area contributed by atoms with E-state index in [0.717, 1.165) is 0 Å². The summed E-state index contributed by atoms with van der Waals surface area (Å²) in [6.07, 6.45) is 1.90. The first kappa shape index (κ1) is 9.76. The van der Waals surface area contributed by atoms with Crippen LogP contribution in [0.4, 0.5) is 0 Å². The second-order valence-corrected chi connectivity index (χ2v) is 2.84. The van der Waals surface area contributed by atoms with Crippen molar-refractivity contribution in [2.45, 2.75) is 13.8 Å². The Labute approximate surface area is 66.6 Å². The van der Waals surface area contributed by atoms with Crippen LogP contribution in [0, 0.1) is 17.4 Å². The van der Waals surface area contributed by atoms with E-state index in [-0.39, 0.29) is 6.54 Å². The van der Waals surface area contributed by atoms with E-state index < -0.39 is 5.91 Å². The molecule has 0 rings (SSSR count). The van der Waals surface area contributed by atoms with Crippen molar-refractivity contribution in [1.29, 1.82) is 5.26 Å². The zero-order valence-electron chi connectivity index (χ0n) is 6.87. The Morgan fingerprint density at radius 2 is 2.27 bits per heavy atom. The van der Waals surface area contributed by atoms with Crippen molar-refractivity contribution < 1.29 is 4.79 Å². The molecule has 0 saturated heterocycles. The second kappa shape index (κ2) is 4.56. The van der Waals surface area contributed by atoms with Crippen molar-refractivity contribution in [3.63, 3.8) is 0 Å². The number of hydrogen-bond acceptors (Lipinski definition) is 3. The SMILES string of the molecule is CC(C)CN(C#N)CC(N)=O. The van der Waals surface area contributed by atoms with Gasteiger partial charge in [0.1, 0.15) is 6.54 Å². The van der Waals surface area contributed by atoms with Crippen molar-refractivity contribution in [3.8, 4) is 6.19 Å². The zero-order chi connectivity index (χ0) is 8.85. The molecular formula is C7H13N3O. The van der Waals surface area contributed by atoms with Crippen LogP contribution in [0.5, 0.6) is 0 Å². The lowest BCUT2D eigenvalue weighted by Crippen LogP contribution is -2.32. The van der Waals surface area contributed by atoms with Crippen molar-refractivity contribution in [2.24, 2.45) is 11.7 Å². The maximum atomic E-state index is 10.4. The quantitative estimate of drug-likeness (QED) is 0.455. The smallest absolute Gasteiger partial charge is 0.237 e. The fourth-order valence-corrected chi connectivity index (χ4v) is 0.770. The standard InChI is InChI=1S/C7H13N3O/c1-6(2)3-10(5-8)4-7(9)11/h6H,3-4H2,1-2H3,(H2,9,11). The van der Waals surface area contributed by atoms with Gasteiger partial charge in [-0.2, -0.15) is 5.26 Å². The Balaban J connectivity index is 3.79. The van der Waals surface area contributed by atoms with Crippen molar-refractivity contribution in [2.75, 3.05) is 13.1 Å². The maximum Gasteiger partial charge on any atom is 0.237 e. The average molecular weight is 155 g/mol. The second-order valence-electron chi connectivity index (χ2n) is 2.84. The molecular weight excluding hydrogens is 142 g/mol. The first-order chi connectivity index (χ1) is 5.06. The summed E-state index contributed by atoms with van der Waals surface area (Å²) in [6, 6.07) is 0. The fraction of sp³-hybridized carbons (Fsp3) is 0.714. The highest BCUT2D eigenvalue weighted by molar-refractivity contribution is 5.76. The third-order valence-electron chi connectivity index (χ3n) is 1.07.